The first-order chi connectivity index (χ1) is 10.4. The molecule has 3 atom stereocenters. The molecular weight excluding hydrogens is 292 g/mol. The first kappa shape index (κ1) is 23.5. The predicted molar refractivity (Wildman–Crippen MR) is 82.4 cm³/mol. The fourth-order valence-corrected chi connectivity index (χ4v) is 1.71. The predicted octanol–water partition coefficient (Wildman–Crippen LogP) is 0.265. The Labute approximate surface area is 132 Å². The van der Waals surface area contributed by atoms with Crippen LogP contribution in [0.4, 0.5) is 0 Å². The number of aliphatic hydroxyl groups excluding tert-OH is 5. The maximum absolute atomic E-state index is 10.1. The second-order valence-electron chi connectivity index (χ2n) is 5.26. The van der Waals surface area contributed by atoms with E-state index in [9.17, 15) is 4.79 Å². The van der Waals surface area contributed by atoms with Gasteiger partial charge in [0, 0.05) is 6.42 Å². The smallest absolute Gasteiger partial charge is 0.303 e. The van der Waals surface area contributed by atoms with E-state index < -0.39 is 37.5 Å². The maximum Gasteiger partial charge on any atom is 0.303 e. The van der Waals surface area contributed by atoms with Crippen molar-refractivity contribution in [3.05, 3.63) is 0 Å². The van der Waals surface area contributed by atoms with Gasteiger partial charge in [-0.05, 0) is 6.42 Å². The van der Waals surface area contributed by atoms with Crippen molar-refractivity contribution in [1.29, 1.82) is 0 Å². The summed E-state index contributed by atoms with van der Waals surface area (Å²) in [7, 11) is 0. The van der Waals surface area contributed by atoms with Gasteiger partial charge in [-0.2, -0.15) is 0 Å². The van der Waals surface area contributed by atoms with Gasteiger partial charge in [0.1, 0.15) is 18.3 Å². The molecule has 0 radical (unpaired) electrons. The number of carboxylic acid groups (broad SMARTS) is 1. The van der Waals surface area contributed by atoms with E-state index in [0.717, 1.165) is 12.8 Å². The van der Waals surface area contributed by atoms with Crippen molar-refractivity contribution in [2.75, 3.05) is 13.2 Å². The average molecular weight is 324 g/mol. The van der Waals surface area contributed by atoms with E-state index in [1.807, 2.05) is 0 Å². The molecule has 0 saturated carbocycles. The summed E-state index contributed by atoms with van der Waals surface area (Å²) in [6.07, 6.45) is 4.35. The summed E-state index contributed by atoms with van der Waals surface area (Å²) in [4.78, 5) is 10.1. The summed E-state index contributed by atoms with van der Waals surface area (Å²) in [5, 5.41) is 50.9. The standard InChI is InChI=1S/C10H20O2.C5H12O5/c1-2-3-4-5-6-7-8-9-10(11)12;6-1-3(8)5(10)4(9)2-7/h2-9H2,1H3,(H,11,12);3-10H,1-2H2/t;3-,4+,5?. The average Bonchev–Trinajstić information content (AvgIpc) is 2.52. The Morgan fingerprint density at radius 1 is 0.818 bits per heavy atom. The Morgan fingerprint density at radius 3 is 1.59 bits per heavy atom. The second kappa shape index (κ2) is 16.6. The van der Waals surface area contributed by atoms with Crippen molar-refractivity contribution in [2.45, 2.75) is 76.6 Å². The van der Waals surface area contributed by atoms with Gasteiger partial charge < -0.3 is 30.6 Å². The molecule has 1 unspecified atom stereocenters. The molecular formula is C15H32O7. The molecule has 7 heteroatoms. The van der Waals surface area contributed by atoms with Crippen LogP contribution in [-0.4, -0.2) is 68.1 Å². The first-order valence-corrected chi connectivity index (χ1v) is 7.88. The van der Waals surface area contributed by atoms with Crippen LogP contribution < -0.4 is 0 Å². The molecule has 0 saturated heterocycles. The number of carboxylic acids is 1. The molecule has 0 rings (SSSR count). The largest absolute Gasteiger partial charge is 0.481 e. The fraction of sp³-hybridized carbons (Fsp3) is 0.933. The lowest BCUT2D eigenvalue weighted by Gasteiger charge is -2.19. The minimum absolute atomic E-state index is 0.341. The van der Waals surface area contributed by atoms with Gasteiger partial charge in [-0.3, -0.25) is 4.79 Å². The van der Waals surface area contributed by atoms with Crippen LogP contribution in [0.1, 0.15) is 58.3 Å². The maximum atomic E-state index is 10.1. The minimum atomic E-state index is -1.49. The van der Waals surface area contributed by atoms with Crippen molar-refractivity contribution < 1.29 is 35.4 Å². The topological polar surface area (TPSA) is 138 Å². The highest BCUT2D eigenvalue weighted by Crippen LogP contribution is 2.07. The summed E-state index contributed by atoms with van der Waals surface area (Å²) in [6.45, 7) is 0.918. The fourth-order valence-electron chi connectivity index (χ4n) is 1.71. The lowest BCUT2D eigenvalue weighted by Crippen LogP contribution is -2.41. The second-order valence-corrected chi connectivity index (χ2v) is 5.26. The zero-order chi connectivity index (χ0) is 17.4. The molecule has 0 fully saturated rings. The van der Waals surface area contributed by atoms with E-state index in [-0.39, 0.29) is 0 Å². The Kier molecular flexibility index (Phi) is 17.8. The minimum Gasteiger partial charge on any atom is -0.481 e. The van der Waals surface area contributed by atoms with E-state index in [2.05, 4.69) is 6.92 Å². The zero-order valence-electron chi connectivity index (χ0n) is 13.4. The molecule has 0 aliphatic rings. The van der Waals surface area contributed by atoms with Crippen molar-refractivity contribution in [2.24, 2.45) is 0 Å². The summed E-state index contributed by atoms with van der Waals surface area (Å²) >= 11 is 0. The van der Waals surface area contributed by atoms with Gasteiger partial charge in [0.25, 0.3) is 0 Å². The number of unbranched alkanes of at least 4 members (excludes halogenated alkanes) is 6. The van der Waals surface area contributed by atoms with Crippen molar-refractivity contribution >= 4 is 5.97 Å². The number of hydrogen-bond acceptors (Lipinski definition) is 6. The molecule has 6 N–H and O–H groups in total. The molecule has 22 heavy (non-hydrogen) atoms. The number of aliphatic hydroxyl groups is 5. The third-order valence-corrected chi connectivity index (χ3v) is 3.16. The number of aliphatic carboxylic acids is 1. The monoisotopic (exact) mass is 324 g/mol. The number of hydrogen-bond donors (Lipinski definition) is 6. The van der Waals surface area contributed by atoms with Crippen molar-refractivity contribution in [3.63, 3.8) is 0 Å². The van der Waals surface area contributed by atoms with Crippen molar-refractivity contribution in [3.8, 4) is 0 Å². The molecule has 0 spiro atoms. The third kappa shape index (κ3) is 15.7. The molecule has 0 aromatic carbocycles. The Bertz CT molecular complexity index is 238. The van der Waals surface area contributed by atoms with Crippen LogP contribution in [0.2, 0.25) is 0 Å². The quantitative estimate of drug-likeness (QED) is 0.283. The molecule has 0 aliphatic carbocycles. The van der Waals surface area contributed by atoms with E-state index in [1.165, 1.54) is 32.1 Å². The third-order valence-electron chi connectivity index (χ3n) is 3.16. The lowest BCUT2D eigenvalue weighted by atomic mass is 10.1. The van der Waals surface area contributed by atoms with Crippen LogP contribution in [0, 0.1) is 0 Å². The molecule has 0 amide bonds. The van der Waals surface area contributed by atoms with Crippen LogP contribution >= 0.6 is 0 Å². The summed E-state index contributed by atoms with van der Waals surface area (Å²) in [6, 6.07) is 0. The van der Waals surface area contributed by atoms with E-state index in [4.69, 9.17) is 30.6 Å². The van der Waals surface area contributed by atoms with Gasteiger partial charge in [0.05, 0.1) is 13.2 Å². The van der Waals surface area contributed by atoms with Gasteiger partial charge in [-0.1, -0.05) is 45.4 Å². The molecule has 0 aromatic rings. The SMILES string of the molecule is CCCCCCCCCC(=O)O.OC[C@@H](O)C(O)[C@@H](O)CO. The van der Waals surface area contributed by atoms with Crippen LogP contribution in [0.15, 0.2) is 0 Å². The highest BCUT2D eigenvalue weighted by Gasteiger charge is 2.22. The van der Waals surface area contributed by atoms with E-state index >= 15 is 0 Å². The number of rotatable bonds is 12. The number of carbonyl (C=O) groups is 1. The normalized spacial score (nSPS) is 14.6. The molecule has 0 bridgehead atoms. The molecule has 7 nitrogen and oxygen atoms in total. The van der Waals surface area contributed by atoms with Crippen LogP contribution in [0.5, 0.6) is 0 Å². The highest BCUT2D eigenvalue weighted by atomic mass is 16.4. The molecule has 134 valence electrons. The highest BCUT2D eigenvalue weighted by molar-refractivity contribution is 5.66. The summed E-state index contributed by atoms with van der Waals surface area (Å²) < 4.78 is 0. The molecule has 0 aliphatic heterocycles. The van der Waals surface area contributed by atoms with Crippen LogP contribution in [0.3, 0.4) is 0 Å². The van der Waals surface area contributed by atoms with Crippen LogP contribution in [-0.2, 0) is 4.79 Å². The molecule has 0 aromatic heterocycles. The Morgan fingerprint density at radius 2 is 1.23 bits per heavy atom. The first-order valence-electron chi connectivity index (χ1n) is 7.88. The van der Waals surface area contributed by atoms with Crippen LogP contribution in [0.25, 0.3) is 0 Å². The van der Waals surface area contributed by atoms with E-state index in [0.29, 0.717) is 6.42 Å². The van der Waals surface area contributed by atoms with Gasteiger partial charge in [0.15, 0.2) is 0 Å². The summed E-state index contributed by atoms with van der Waals surface area (Å²) in [5.74, 6) is -0.663. The summed E-state index contributed by atoms with van der Waals surface area (Å²) in [5.41, 5.74) is 0. The van der Waals surface area contributed by atoms with Gasteiger partial charge in [0.2, 0.25) is 0 Å². The lowest BCUT2D eigenvalue weighted by molar-refractivity contribution is -0.137. The van der Waals surface area contributed by atoms with Gasteiger partial charge in [-0.25, -0.2) is 0 Å². The molecule has 0 heterocycles. The van der Waals surface area contributed by atoms with Gasteiger partial charge in [-0.15, -0.1) is 0 Å². The zero-order valence-corrected chi connectivity index (χ0v) is 13.4. The Balaban J connectivity index is 0. The Hall–Kier alpha value is -0.730. The van der Waals surface area contributed by atoms with Gasteiger partial charge >= 0.3 is 5.97 Å². The van der Waals surface area contributed by atoms with Crippen molar-refractivity contribution in [1.82, 2.24) is 0 Å². The van der Waals surface area contributed by atoms with E-state index in [1.54, 1.807) is 0 Å².